The van der Waals surface area contributed by atoms with Crippen molar-refractivity contribution in [2.24, 2.45) is 0 Å². The average Bonchev–Trinajstić information content (AvgIpc) is 2.56. The number of ether oxygens (including phenoxy) is 1. The van der Waals surface area contributed by atoms with E-state index in [0.29, 0.717) is 11.3 Å². The molecule has 5 nitrogen and oxygen atoms in total. The number of anilines is 2. The third-order valence-corrected chi connectivity index (χ3v) is 3.63. The van der Waals surface area contributed by atoms with Crippen molar-refractivity contribution >= 4 is 23.3 Å². The molecule has 120 valence electrons. The monoisotopic (exact) mass is 312 g/mol. The first-order valence-corrected chi connectivity index (χ1v) is 7.29. The molecule has 0 fully saturated rings. The van der Waals surface area contributed by atoms with Crippen molar-refractivity contribution in [3.63, 3.8) is 0 Å². The van der Waals surface area contributed by atoms with Crippen molar-refractivity contribution < 1.29 is 14.3 Å². The summed E-state index contributed by atoms with van der Waals surface area (Å²) in [4.78, 5) is 23.3. The molecular formula is C18H20N2O3. The number of carbonyl (C=O) groups is 2. The summed E-state index contributed by atoms with van der Waals surface area (Å²) in [5, 5.41) is 5.90. The summed E-state index contributed by atoms with van der Waals surface area (Å²) in [5.74, 6) is -0.559. The fraction of sp³-hybridized carbons (Fsp3) is 0.222. The van der Waals surface area contributed by atoms with Gasteiger partial charge in [-0.05, 0) is 55.3 Å². The predicted molar refractivity (Wildman–Crippen MR) is 90.8 cm³/mol. The van der Waals surface area contributed by atoms with Crippen LogP contribution in [0.25, 0.3) is 0 Å². The molecule has 2 rings (SSSR count). The van der Waals surface area contributed by atoms with Crippen molar-refractivity contribution in [1.82, 2.24) is 0 Å². The number of rotatable bonds is 5. The zero-order chi connectivity index (χ0) is 16.8. The van der Waals surface area contributed by atoms with Crippen molar-refractivity contribution in [2.45, 2.75) is 13.8 Å². The highest BCUT2D eigenvalue weighted by Crippen LogP contribution is 2.17. The Morgan fingerprint density at radius 2 is 1.74 bits per heavy atom. The Hall–Kier alpha value is -2.82. The minimum absolute atomic E-state index is 0.156. The number of amides is 1. The molecule has 0 bridgehead atoms. The Labute approximate surface area is 135 Å². The van der Waals surface area contributed by atoms with E-state index < -0.39 is 5.97 Å². The van der Waals surface area contributed by atoms with E-state index in [1.807, 2.05) is 32.0 Å². The number of hydrogen-bond acceptors (Lipinski definition) is 4. The molecule has 2 N–H and O–H groups in total. The molecule has 0 saturated heterocycles. The first kappa shape index (κ1) is 16.5. The van der Waals surface area contributed by atoms with Gasteiger partial charge in [-0.3, -0.25) is 4.79 Å². The lowest BCUT2D eigenvalue weighted by molar-refractivity contribution is -0.114. The molecule has 5 heteroatoms. The van der Waals surface area contributed by atoms with Gasteiger partial charge in [-0.1, -0.05) is 12.1 Å². The van der Waals surface area contributed by atoms with Gasteiger partial charge in [0.2, 0.25) is 5.91 Å². The van der Waals surface area contributed by atoms with Crippen LogP contribution in [-0.2, 0) is 9.53 Å². The van der Waals surface area contributed by atoms with Gasteiger partial charge in [0, 0.05) is 11.4 Å². The molecule has 1 amide bonds. The molecular weight excluding hydrogens is 292 g/mol. The number of carbonyl (C=O) groups excluding carboxylic acids is 2. The van der Waals surface area contributed by atoms with Crippen LogP contribution in [0.15, 0.2) is 42.5 Å². The summed E-state index contributed by atoms with van der Waals surface area (Å²) >= 11 is 0. The lowest BCUT2D eigenvalue weighted by Gasteiger charge is -2.11. The molecule has 0 radical (unpaired) electrons. The van der Waals surface area contributed by atoms with Gasteiger partial charge < -0.3 is 15.4 Å². The third kappa shape index (κ3) is 4.32. The Morgan fingerprint density at radius 1 is 1.04 bits per heavy atom. The van der Waals surface area contributed by atoms with Crippen molar-refractivity contribution in [3.05, 3.63) is 59.2 Å². The van der Waals surface area contributed by atoms with E-state index in [4.69, 9.17) is 0 Å². The standard InChI is InChI=1S/C18H20N2O3/c1-12-5-4-6-16(13(12)2)19-11-17(21)20-15-9-7-14(8-10-15)18(22)23-3/h4-10,19H,11H2,1-3H3,(H,20,21). The Balaban J connectivity index is 1.92. The first-order valence-electron chi connectivity index (χ1n) is 7.29. The van der Waals surface area contributed by atoms with Gasteiger partial charge in [0.15, 0.2) is 0 Å². The molecule has 0 aliphatic rings. The van der Waals surface area contributed by atoms with Crippen LogP contribution in [0.2, 0.25) is 0 Å². The maximum absolute atomic E-state index is 12.0. The molecule has 0 saturated carbocycles. The van der Waals surface area contributed by atoms with E-state index in [9.17, 15) is 9.59 Å². The average molecular weight is 312 g/mol. The van der Waals surface area contributed by atoms with E-state index >= 15 is 0 Å². The SMILES string of the molecule is COC(=O)c1ccc(NC(=O)CNc2cccc(C)c2C)cc1. The van der Waals surface area contributed by atoms with Gasteiger partial charge in [0.05, 0.1) is 19.2 Å². The van der Waals surface area contributed by atoms with Crippen LogP contribution < -0.4 is 10.6 Å². The second-order valence-corrected chi connectivity index (χ2v) is 5.22. The zero-order valence-corrected chi connectivity index (χ0v) is 13.5. The minimum atomic E-state index is -0.403. The third-order valence-electron chi connectivity index (χ3n) is 3.63. The minimum Gasteiger partial charge on any atom is -0.465 e. The van der Waals surface area contributed by atoms with Crippen molar-refractivity contribution in [3.8, 4) is 0 Å². The second-order valence-electron chi connectivity index (χ2n) is 5.22. The Kier molecular flexibility index (Phi) is 5.36. The molecule has 0 aromatic heterocycles. The van der Waals surface area contributed by atoms with Gasteiger partial charge in [-0.25, -0.2) is 4.79 Å². The van der Waals surface area contributed by atoms with E-state index in [-0.39, 0.29) is 12.5 Å². The molecule has 2 aromatic rings. The van der Waals surface area contributed by atoms with Crippen LogP contribution in [0.4, 0.5) is 11.4 Å². The highest BCUT2D eigenvalue weighted by atomic mass is 16.5. The van der Waals surface area contributed by atoms with Crippen molar-refractivity contribution in [1.29, 1.82) is 0 Å². The van der Waals surface area contributed by atoms with Crippen molar-refractivity contribution in [2.75, 3.05) is 24.3 Å². The normalized spacial score (nSPS) is 10.0. The molecule has 0 aliphatic heterocycles. The molecule has 0 heterocycles. The molecule has 2 aromatic carbocycles. The molecule has 23 heavy (non-hydrogen) atoms. The van der Waals surface area contributed by atoms with Gasteiger partial charge >= 0.3 is 5.97 Å². The lowest BCUT2D eigenvalue weighted by atomic mass is 10.1. The number of methoxy groups -OCH3 is 1. The maximum Gasteiger partial charge on any atom is 0.337 e. The van der Waals surface area contributed by atoms with Gasteiger partial charge in [-0.2, -0.15) is 0 Å². The summed E-state index contributed by atoms with van der Waals surface area (Å²) in [6.45, 7) is 4.22. The molecule has 0 atom stereocenters. The fourth-order valence-corrected chi connectivity index (χ4v) is 2.13. The summed E-state index contributed by atoms with van der Waals surface area (Å²) in [7, 11) is 1.33. The second kappa shape index (κ2) is 7.45. The van der Waals surface area contributed by atoms with E-state index in [0.717, 1.165) is 11.3 Å². The number of esters is 1. The van der Waals surface area contributed by atoms with Crippen LogP contribution in [0.1, 0.15) is 21.5 Å². The van der Waals surface area contributed by atoms with Gasteiger partial charge in [-0.15, -0.1) is 0 Å². The summed E-state index contributed by atoms with van der Waals surface area (Å²) < 4.78 is 4.63. The van der Waals surface area contributed by atoms with E-state index in [1.54, 1.807) is 24.3 Å². The zero-order valence-electron chi connectivity index (χ0n) is 13.5. The summed E-state index contributed by atoms with van der Waals surface area (Å²) in [6.07, 6.45) is 0. The van der Waals surface area contributed by atoms with E-state index in [2.05, 4.69) is 15.4 Å². The summed E-state index contributed by atoms with van der Waals surface area (Å²) in [5.41, 5.74) is 4.32. The molecule has 0 aliphatic carbocycles. The summed E-state index contributed by atoms with van der Waals surface area (Å²) in [6, 6.07) is 12.5. The lowest BCUT2D eigenvalue weighted by Crippen LogP contribution is -2.22. The van der Waals surface area contributed by atoms with Crippen LogP contribution in [0.5, 0.6) is 0 Å². The maximum atomic E-state index is 12.0. The number of benzene rings is 2. The van der Waals surface area contributed by atoms with Crippen LogP contribution in [0.3, 0.4) is 0 Å². The van der Waals surface area contributed by atoms with Crippen LogP contribution in [0, 0.1) is 13.8 Å². The Bertz CT molecular complexity index is 709. The quantitative estimate of drug-likeness (QED) is 0.832. The Morgan fingerprint density at radius 3 is 2.39 bits per heavy atom. The topological polar surface area (TPSA) is 67.4 Å². The highest BCUT2D eigenvalue weighted by molar-refractivity contribution is 5.95. The number of nitrogens with one attached hydrogen (secondary N) is 2. The highest BCUT2D eigenvalue weighted by Gasteiger charge is 2.07. The molecule has 0 spiro atoms. The van der Waals surface area contributed by atoms with Crippen LogP contribution >= 0.6 is 0 Å². The smallest absolute Gasteiger partial charge is 0.337 e. The van der Waals surface area contributed by atoms with E-state index in [1.165, 1.54) is 12.7 Å². The van der Waals surface area contributed by atoms with Crippen LogP contribution in [-0.4, -0.2) is 25.5 Å². The number of aryl methyl sites for hydroxylation is 1. The largest absolute Gasteiger partial charge is 0.465 e. The number of hydrogen-bond donors (Lipinski definition) is 2. The fourth-order valence-electron chi connectivity index (χ4n) is 2.13. The molecule has 0 unspecified atom stereocenters. The predicted octanol–water partition coefficient (Wildman–Crippen LogP) is 3.14. The van der Waals surface area contributed by atoms with Gasteiger partial charge in [0.1, 0.15) is 0 Å². The van der Waals surface area contributed by atoms with Gasteiger partial charge in [0.25, 0.3) is 0 Å². The first-order chi connectivity index (χ1) is 11.0.